The van der Waals surface area contributed by atoms with Crippen molar-refractivity contribution in [3.05, 3.63) is 62.0 Å². The smallest absolute Gasteiger partial charge is 0.257 e. The normalized spacial score (nSPS) is 19.3. The minimum absolute atomic E-state index is 0.0905. The van der Waals surface area contributed by atoms with Crippen molar-refractivity contribution < 1.29 is 4.79 Å². The first-order valence-electron chi connectivity index (χ1n) is 8.05. The van der Waals surface area contributed by atoms with E-state index < -0.39 is 5.92 Å². The van der Waals surface area contributed by atoms with Crippen LogP contribution in [0, 0.1) is 0 Å². The maximum absolute atomic E-state index is 12.8. The number of rotatable bonds is 2. The van der Waals surface area contributed by atoms with Crippen LogP contribution in [-0.4, -0.2) is 22.0 Å². The molecule has 1 aliphatic carbocycles. The second-order valence-electron chi connectivity index (χ2n) is 6.12. The number of aromatic nitrogens is 2. The summed E-state index contributed by atoms with van der Waals surface area (Å²) in [5, 5.41) is 4.41. The number of anilines is 1. The van der Waals surface area contributed by atoms with E-state index in [1.807, 2.05) is 18.4 Å². The number of Topliss-reactive ketones (excluding diaryl/α,β-unsaturated/α-hetero) is 1. The SMILES string of the molecule is CSc1nc2c(c(=O)[nH]1)[C@@H](c1ccc(Cl)cc1)C1=C(CCCC1=O)N2. The molecule has 0 unspecified atom stereocenters. The highest BCUT2D eigenvalue weighted by Gasteiger charge is 2.37. The third-order valence-electron chi connectivity index (χ3n) is 4.63. The van der Waals surface area contributed by atoms with Gasteiger partial charge in [0.1, 0.15) is 5.82 Å². The molecule has 128 valence electrons. The van der Waals surface area contributed by atoms with Gasteiger partial charge in [0.2, 0.25) is 0 Å². The molecule has 0 radical (unpaired) electrons. The number of H-pyrrole nitrogens is 1. The van der Waals surface area contributed by atoms with Gasteiger partial charge in [-0.2, -0.15) is 0 Å². The molecule has 25 heavy (non-hydrogen) atoms. The maximum Gasteiger partial charge on any atom is 0.257 e. The molecule has 1 aliphatic heterocycles. The summed E-state index contributed by atoms with van der Waals surface area (Å²) in [6.45, 7) is 0. The molecule has 1 atom stereocenters. The fourth-order valence-electron chi connectivity index (χ4n) is 3.53. The van der Waals surface area contributed by atoms with Gasteiger partial charge in [-0.25, -0.2) is 4.98 Å². The van der Waals surface area contributed by atoms with E-state index >= 15 is 0 Å². The minimum Gasteiger partial charge on any atom is -0.343 e. The van der Waals surface area contributed by atoms with E-state index in [2.05, 4.69) is 15.3 Å². The van der Waals surface area contributed by atoms with Gasteiger partial charge in [-0.15, -0.1) is 0 Å². The lowest BCUT2D eigenvalue weighted by Gasteiger charge is -2.32. The number of thioether (sulfide) groups is 1. The zero-order chi connectivity index (χ0) is 17.6. The molecule has 1 aromatic carbocycles. The van der Waals surface area contributed by atoms with Crippen molar-refractivity contribution in [1.82, 2.24) is 9.97 Å². The maximum atomic E-state index is 12.8. The van der Waals surface area contributed by atoms with Crippen LogP contribution < -0.4 is 10.9 Å². The fraction of sp³-hybridized carbons (Fsp3) is 0.278. The Kier molecular flexibility index (Phi) is 4.17. The Morgan fingerprint density at radius 2 is 1.96 bits per heavy atom. The van der Waals surface area contributed by atoms with Crippen LogP contribution in [0.5, 0.6) is 0 Å². The molecule has 0 bridgehead atoms. The molecule has 0 amide bonds. The summed E-state index contributed by atoms with van der Waals surface area (Å²) in [4.78, 5) is 32.8. The summed E-state index contributed by atoms with van der Waals surface area (Å²) < 4.78 is 0. The van der Waals surface area contributed by atoms with E-state index in [0.29, 0.717) is 33.6 Å². The van der Waals surface area contributed by atoms with Crippen LogP contribution in [0.1, 0.15) is 36.3 Å². The number of aromatic amines is 1. The summed E-state index contributed by atoms with van der Waals surface area (Å²) in [5.74, 6) is 0.220. The van der Waals surface area contributed by atoms with Crippen molar-refractivity contribution in [3.8, 4) is 0 Å². The van der Waals surface area contributed by atoms with Crippen LogP contribution in [-0.2, 0) is 4.79 Å². The van der Waals surface area contributed by atoms with Gasteiger partial charge < -0.3 is 10.3 Å². The van der Waals surface area contributed by atoms with Crippen molar-refractivity contribution in [1.29, 1.82) is 0 Å². The number of nitrogens with zero attached hydrogens (tertiary/aromatic N) is 1. The highest BCUT2D eigenvalue weighted by atomic mass is 35.5. The Bertz CT molecular complexity index is 950. The van der Waals surface area contributed by atoms with Gasteiger partial charge in [0.25, 0.3) is 5.56 Å². The summed E-state index contributed by atoms with van der Waals surface area (Å²) >= 11 is 7.39. The summed E-state index contributed by atoms with van der Waals surface area (Å²) in [5.41, 5.74) is 2.72. The number of benzene rings is 1. The molecular formula is C18H16ClN3O2S. The molecule has 0 saturated heterocycles. The Hall–Kier alpha value is -2.05. The van der Waals surface area contributed by atoms with E-state index in [1.165, 1.54) is 11.8 Å². The predicted octanol–water partition coefficient (Wildman–Crippen LogP) is 3.71. The molecular weight excluding hydrogens is 358 g/mol. The van der Waals surface area contributed by atoms with Gasteiger partial charge in [0, 0.05) is 28.6 Å². The highest BCUT2D eigenvalue weighted by molar-refractivity contribution is 7.98. The summed E-state index contributed by atoms with van der Waals surface area (Å²) in [6.07, 6.45) is 3.97. The number of ketones is 1. The zero-order valence-electron chi connectivity index (χ0n) is 13.6. The molecule has 0 spiro atoms. The average molecular weight is 374 g/mol. The fourth-order valence-corrected chi connectivity index (χ4v) is 4.03. The van der Waals surface area contributed by atoms with Crippen molar-refractivity contribution >= 4 is 35.0 Å². The third-order valence-corrected chi connectivity index (χ3v) is 5.47. The van der Waals surface area contributed by atoms with Crippen LogP contribution in [0.4, 0.5) is 5.82 Å². The molecule has 2 aliphatic rings. The second-order valence-corrected chi connectivity index (χ2v) is 7.35. The number of halogens is 1. The van der Waals surface area contributed by atoms with Gasteiger partial charge in [-0.05, 0) is 36.8 Å². The van der Waals surface area contributed by atoms with Crippen LogP contribution in [0.15, 0.2) is 45.5 Å². The Morgan fingerprint density at radius 3 is 2.68 bits per heavy atom. The minimum atomic E-state index is -0.413. The van der Waals surface area contributed by atoms with Crippen LogP contribution >= 0.6 is 23.4 Å². The number of carbonyl (C=O) groups is 1. The zero-order valence-corrected chi connectivity index (χ0v) is 15.1. The van der Waals surface area contributed by atoms with Crippen molar-refractivity contribution in [2.24, 2.45) is 0 Å². The number of hydrogen-bond donors (Lipinski definition) is 2. The lowest BCUT2D eigenvalue weighted by Crippen LogP contribution is -2.32. The number of allylic oxidation sites excluding steroid dienone is 2. The lowest BCUT2D eigenvalue weighted by atomic mass is 9.76. The molecule has 1 aromatic heterocycles. The quantitative estimate of drug-likeness (QED) is 0.620. The number of carbonyl (C=O) groups excluding carboxylic acids is 1. The molecule has 0 fully saturated rings. The van der Waals surface area contributed by atoms with Crippen LogP contribution in [0.25, 0.3) is 0 Å². The van der Waals surface area contributed by atoms with Crippen LogP contribution in [0.2, 0.25) is 5.02 Å². The molecule has 0 saturated carbocycles. The standard InChI is InChI=1S/C18H16ClN3O2S/c1-25-18-21-16-15(17(24)22-18)13(9-5-7-10(19)8-6-9)14-11(20-16)3-2-4-12(14)23/h5-8,13H,2-4H2,1H3,(H2,20,21,22,24)/t13-/m0/s1. The molecule has 2 heterocycles. The summed E-state index contributed by atoms with van der Waals surface area (Å²) in [7, 11) is 0. The molecule has 4 rings (SSSR count). The Labute approximate surface area is 153 Å². The highest BCUT2D eigenvalue weighted by Crippen LogP contribution is 2.43. The topological polar surface area (TPSA) is 74.8 Å². The monoisotopic (exact) mass is 373 g/mol. The Balaban J connectivity index is 1.98. The van der Waals surface area contributed by atoms with E-state index in [4.69, 9.17) is 11.6 Å². The predicted molar refractivity (Wildman–Crippen MR) is 99.4 cm³/mol. The largest absolute Gasteiger partial charge is 0.343 e. The van der Waals surface area contributed by atoms with E-state index in [9.17, 15) is 9.59 Å². The first-order valence-corrected chi connectivity index (χ1v) is 9.65. The number of nitrogens with one attached hydrogen (secondary N) is 2. The van der Waals surface area contributed by atoms with Crippen molar-refractivity contribution in [3.63, 3.8) is 0 Å². The van der Waals surface area contributed by atoms with Gasteiger partial charge in [-0.1, -0.05) is 35.5 Å². The van der Waals surface area contributed by atoms with Gasteiger partial charge in [0.05, 0.1) is 5.56 Å². The third kappa shape index (κ3) is 2.79. The van der Waals surface area contributed by atoms with Crippen molar-refractivity contribution in [2.45, 2.75) is 30.3 Å². The van der Waals surface area contributed by atoms with Gasteiger partial charge in [-0.3, -0.25) is 9.59 Å². The van der Waals surface area contributed by atoms with Gasteiger partial charge in [0.15, 0.2) is 10.9 Å². The molecule has 2 N–H and O–H groups in total. The number of fused-ring (bicyclic) bond motifs is 1. The van der Waals surface area contributed by atoms with E-state index in [-0.39, 0.29) is 11.3 Å². The molecule has 5 nitrogen and oxygen atoms in total. The van der Waals surface area contributed by atoms with Crippen LogP contribution in [0.3, 0.4) is 0 Å². The van der Waals surface area contributed by atoms with Gasteiger partial charge >= 0.3 is 0 Å². The van der Waals surface area contributed by atoms with E-state index in [1.54, 1.807) is 12.1 Å². The molecule has 2 aromatic rings. The van der Waals surface area contributed by atoms with Crippen molar-refractivity contribution in [2.75, 3.05) is 11.6 Å². The first kappa shape index (κ1) is 16.4. The number of hydrogen-bond acceptors (Lipinski definition) is 5. The summed E-state index contributed by atoms with van der Waals surface area (Å²) in [6, 6.07) is 7.31. The average Bonchev–Trinajstić information content (AvgIpc) is 2.61. The molecule has 7 heteroatoms. The first-order chi connectivity index (χ1) is 12.1. The second kappa shape index (κ2) is 6.35. The Morgan fingerprint density at radius 1 is 1.20 bits per heavy atom. The lowest BCUT2D eigenvalue weighted by molar-refractivity contribution is -0.116. The van der Waals surface area contributed by atoms with E-state index in [0.717, 1.165) is 24.1 Å².